The van der Waals surface area contributed by atoms with Crippen LogP contribution in [0.15, 0.2) is 44.8 Å². The molecule has 6 heteroatoms. The quantitative estimate of drug-likeness (QED) is 0.592. The van der Waals surface area contributed by atoms with Crippen molar-refractivity contribution >= 4 is 37.8 Å². The number of carbonyl (C=O) groups excluding carboxylic acids is 2. The molecule has 0 saturated heterocycles. The summed E-state index contributed by atoms with van der Waals surface area (Å²) in [5.41, 5.74) is -0.428. The molecule has 0 fully saturated rings. The Kier molecular flexibility index (Phi) is 5.66. The molecule has 0 aromatic carbocycles. The maximum absolute atomic E-state index is 12.5. The molecule has 0 unspecified atom stereocenters. The third-order valence-electron chi connectivity index (χ3n) is 3.57. The first-order chi connectivity index (χ1) is 11.1. The van der Waals surface area contributed by atoms with Crippen LogP contribution in [0.25, 0.3) is 0 Å². The van der Waals surface area contributed by atoms with E-state index in [1.807, 2.05) is 52.0 Å². The summed E-state index contributed by atoms with van der Waals surface area (Å²) >= 11 is -0.152. The SMILES string of the molecule is COC1=CC(C)(C)C=C([Se][Se]C2=CC(C)(C)C=C(OC)C2=O)C1=O. The van der Waals surface area contributed by atoms with E-state index in [0.29, 0.717) is 11.5 Å². The molecule has 0 radical (unpaired) electrons. The second kappa shape index (κ2) is 7.05. The zero-order valence-corrected chi connectivity index (χ0v) is 18.2. The van der Waals surface area contributed by atoms with Gasteiger partial charge in [-0.05, 0) is 0 Å². The van der Waals surface area contributed by atoms with Crippen molar-refractivity contribution < 1.29 is 19.1 Å². The van der Waals surface area contributed by atoms with E-state index in [1.54, 1.807) is 0 Å². The van der Waals surface area contributed by atoms with Crippen LogP contribution in [0.2, 0.25) is 0 Å². The summed E-state index contributed by atoms with van der Waals surface area (Å²) in [5.74, 6) is 0.697. The van der Waals surface area contributed by atoms with Gasteiger partial charge in [-0.15, -0.1) is 0 Å². The van der Waals surface area contributed by atoms with Crippen molar-refractivity contribution in [3.63, 3.8) is 0 Å². The van der Waals surface area contributed by atoms with Crippen LogP contribution >= 0.6 is 0 Å². The Morgan fingerprint density at radius 3 is 1.33 bits per heavy atom. The molecule has 0 spiro atoms. The molecule has 2 aliphatic rings. The molecule has 0 saturated carbocycles. The first-order valence-electron chi connectivity index (χ1n) is 7.52. The van der Waals surface area contributed by atoms with Crippen molar-refractivity contribution in [3.8, 4) is 0 Å². The van der Waals surface area contributed by atoms with Gasteiger partial charge in [0.2, 0.25) is 0 Å². The van der Waals surface area contributed by atoms with E-state index in [-0.39, 0.29) is 48.7 Å². The third kappa shape index (κ3) is 4.31. The van der Waals surface area contributed by atoms with Gasteiger partial charge >= 0.3 is 154 Å². The number of ether oxygens (including phenoxy) is 2. The molecule has 4 nitrogen and oxygen atoms in total. The third-order valence-corrected chi connectivity index (χ3v) is 10.6. The van der Waals surface area contributed by atoms with Crippen molar-refractivity contribution in [3.05, 3.63) is 44.8 Å². The van der Waals surface area contributed by atoms with Gasteiger partial charge in [0.05, 0.1) is 0 Å². The van der Waals surface area contributed by atoms with Gasteiger partial charge in [-0.25, -0.2) is 0 Å². The second-order valence-electron chi connectivity index (χ2n) is 6.91. The minimum atomic E-state index is -0.214. The van der Waals surface area contributed by atoms with Crippen LogP contribution in [0.5, 0.6) is 0 Å². The van der Waals surface area contributed by atoms with E-state index < -0.39 is 0 Å². The van der Waals surface area contributed by atoms with Crippen LogP contribution < -0.4 is 0 Å². The standard InChI is InChI=1S/C18H22O4Se2/c1-17(2)7-11(21-5)15(19)13(9-17)23-24-14-10-18(3,4)8-12(22-6)16(14)20/h7-10H,1-6H3. The van der Waals surface area contributed by atoms with Gasteiger partial charge in [-0.2, -0.15) is 0 Å². The number of ketones is 2. The zero-order valence-electron chi connectivity index (χ0n) is 14.8. The van der Waals surface area contributed by atoms with Gasteiger partial charge in [-0.1, -0.05) is 0 Å². The Morgan fingerprint density at radius 2 is 1.04 bits per heavy atom. The predicted octanol–water partition coefficient (Wildman–Crippen LogP) is 2.36. The van der Waals surface area contributed by atoms with Crippen molar-refractivity contribution in [2.24, 2.45) is 10.8 Å². The number of hydrogen-bond acceptors (Lipinski definition) is 4. The predicted molar refractivity (Wildman–Crippen MR) is 95.4 cm³/mol. The molecule has 0 heterocycles. The summed E-state index contributed by atoms with van der Waals surface area (Å²) in [5, 5.41) is 0. The average Bonchev–Trinajstić information content (AvgIpc) is 2.49. The van der Waals surface area contributed by atoms with E-state index in [0.717, 1.165) is 8.94 Å². The van der Waals surface area contributed by atoms with Crippen LogP contribution in [0.4, 0.5) is 0 Å². The van der Waals surface area contributed by atoms with Gasteiger partial charge in [0.25, 0.3) is 0 Å². The van der Waals surface area contributed by atoms with Crippen molar-refractivity contribution in [1.82, 2.24) is 0 Å². The monoisotopic (exact) mass is 462 g/mol. The topological polar surface area (TPSA) is 52.6 Å². The van der Waals surface area contributed by atoms with Crippen LogP contribution in [0.3, 0.4) is 0 Å². The molecular formula is C18H22O4Se2. The Labute approximate surface area is 154 Å². The Bertz CT molecular complexity index is 634. The molecule has 0 N–H and O–H groups in total. The van der Waals surface area contributed by atoms with Crippen LogP contribution in [0, 0.1) is 10.8 Å². The van der Waals surface area contributed by atoms with Crippen LogP contribution in [-0.4, -0.2) is 52.0 Å². The van der Waals surface area contributed by atoms with Gasteiger partial charge in [0, 0.05) is 0 Å². The molecule has 0 atom stereocenters. The van der Waals surface area contributed by atoms with E-state index in [9.17, 15) is 9.59 Å². The van der Waals surface area contributed by atoms with E-state index in [1.165, 1.54) is 14.2 Å². The number of Topliss-reactive ketones (excluding diaryl/α,β-unsaturated/α-hetero) is 2. The number of methoxy groups -OCH3 is 2. The molecule has 2 aliphatic carbocycles. The zero-order chi connectivity index (χ0) is 18.1. The maximum atomic E-state index is 12.5. The summed E-state index contributed by atoms with van der Waals surface area (Å²) in [6.45, 7) is 8.17. The molecule has 0 bridgehead atoms. The van der Waals surface area contributed by atoms with Gasteiger partial charge in [0.15, 0.2) is 0 Å². The fourth-order valence-electron chi connectivity index (χ4n) is 2.46. The van der Waals surface area contributed by atoms with Crippen LogP contribution in [0.1, 0.15) is 27.7 Å². The first-order valence-corrected chi connectivity index (χ1v) is 13.6. The number of carbonyl (C=O) groups is 2. The molecule has 0 aromatic heterocycles. The molecular weight excluding hydrogens is 438 g/mol. The van der Waals surface area contributed by atoms with E-state index >= 15 is 0 Å². The molecule has 2 rings (SSSR count). The van der Waals surface area contributed by atoms with Gasteiger partial charge < -0.3 is 0 Å². The van der Waals surface area contributed by atoms with Gasteiger partial charge in [-0.3, -0.25) is 0 Å². The Morgan fingerprint density at radius 1 is 0.708 bits per heavy atom. The average molecular weight is 460 g/mol. The number of rotatable bonds is 5. The summed E-state index contributed by atoms with van der Waals surface area (Å²) in [7, 11) is 3.04. The first kappa shape index (κ1) is 19.3. The summed E-state index contributed by atoms with van der Waals surface area (Å²) in [6, 6.07) is 0. The molecule has 130 valence electrons. The second-order valence-corrected chi connectivity index (χ2v) is 13.1. The summed E-state index contributed by atoms with van der Waals surface area (Å²) in [6.07, 6.45) is 7.71. The number of hydrogen-bond donors (Lipinski definition) is 0. The van der Waals surface area contributed by atoms with Crippen molar-refractivity contribution in [2.75, 3.05) is 14.2 Å². The van der Waals surface area contributed by atoms with E-state index in [4.69, 9.17) is 9.47 Å². The van der Waals surface area contributed by atoms with Crippen molar-refractivity contribution in [1.29, 1.82) is 0 Å². The number of allylic oxidation sites excluding steroid dienone is 6. The fourth-order valence-corrected chi connectivity index (χ4v) is 9.71. The van der Waals surface area contributed by atoms with Gasteiger partial charge in [0.1, 0.15) is 0 Å². The fraction of sp³-hybridized carbons (Fsp3) is 0.444. The molecule has 0 aliphatic heterocycles. The molecule has 0 aromatic rings. The summed E-state index contributed by atoms with van der Waals surface area (Å²) < 4.78 is 12.0. The Hall–Kier alpha value is -1.06. The normalized spacial score (nSPS) is 22.2. The Balaban J connectivity index is 2.19. The van der Waals surface area contributed by atoms with Crippen molar-refractivity contribution in [2.45, 2.75) is 27.7 Å². The van der Waals surface area contributed by atoms with E-state index in [2.05, 4.69) is 0 Å². The molecule has 24 heavy (non-hydrogen) atoms. The van der Waals surface area contributed by atoms with Crippen LogP contribution in [-0.2, 0) is 19.1 Å². The summed E-state index contributed by atoms with van der Waals surface area (Å²) in [4.78, 5) is 24.9. The molecule has 0 amide bonds. The minimum absolute atomic E-state index is 0.0516.